The molecule has 2 heterocycles. The van der Waals surface area contributed by atoms with Crippen molar-refractivity contribution in [3.8, 4) is 0 Å². The average Bonchev–Trinajstić information content (AvgIpc) is 2.69. The van der Waals surface area contributed by atoms with Crippen molar-refractivity contribution in [2.24, 2.45) is 10.7 Å². The van der Waals surface area contributed by atoms with E-state index in [1.807, 2.05) is 6.92 Å². The van der Waals surface area contributed by atoms with Gasteiger partial charge in [-0.15, -0.1) is 0 Å². The van der Waals surface area contributed by atoms with Crippen LogP contribution in [0.4, 0.5) is 11.4 Å². The molecule has 0 spiro atoms. The molecule has 1 aromatic carbocycles. The van der Waals surface area contributed by atoms with Crippen LogP contribution >= 0.6 is 33.9 Å². The van der Waals surface area contributed by atoms with E-state index in [0.717, 1.165) is 30.6 Å². The summed E-state index contributed by atoms with van der Waals surface area (Å²) in [4.78, 5) is 9.41. The van der Waals surface area contributed by atoms with E-state index in [4.69, 9.17) is 18.0 Å². The summed E-state index contributed by atoms with van der Waals surface area (Å²) in [5.74, 6) is 0.890. The number of thiocarbonyl (C=S) groups is 1. The van der Waals surface area contributed by atoms with Gasteiger partial charge in [0, 0.05) is 30.5 Å². The van der Waals surface area contributed by atoms with Crippen molar-refractivity contribution in [1.29, 1.82) is 0 Å². The van der Waals surface area contributed by atoms with E-state index in [2.05, 4.69) is 44.4 Å². The molecule has 0 saturated carbocycles. The van der Waals surface area contributed by atoms with Crippen LogP contribution in [-0.4, -0.2) is 53.2 Å². The van der Waals surface area contributed by atoms with Crippen LogP contribution in [0.2, 0.25) is 0 Å². The van der Waals surface area contributed by atoms with E-state index >= 15 is 0 Å². The third-order valence-electron chi connectivity index (χ3n) is 5.36. The number of hydrogen-bond donors (Lipinski definition) is 2. The summed E-state index contributed by atoms with van der Waals surface area (Å²) in [6.45, 7) is 6.92. The topological polar surface area (TPSA) is 56.9 Å². The molecule has 8 heteroatoms. The van der Waals surface area contributed by atoms with Gasteiger partial charge in [0.05, 0.1) is 0 Å². The molecular weight excluding hydrogens is 405 g/mol. The lowest BCUT2D eigenvalue weighted by Gasteiger charge is -2.41. The second-order valence-corrected chi connectivity index (χ2v) is 8.85. The van der Waals surface area contributed by atoms with Gasteiger partial charge >= 0.3 is 0 Å². The van der Waals surface area contributed by atoms with Crippen molar-refractivity contribution in [3.05, 3.63) is 24.3 Å². The highest BCUT2D eigenvalue weighted by atomic mass is 32.2. The fraction of sp³-hybridized carbons (Fsp3) is 0.600. The minimum atomic E-state index is 0. The van der Waals surface area contributed by atoms with Crippen molar-refractivity contribution in [2.45, 2.75) is 45.1 Å². The number of nitrogens with two attached hydrogens (primary N) is 1. The molecule has 1 aromatic rings. The number of likely N-dealkylation sites (tertiary alicyclic amines) is 1. The molecule has 0 radical (unpaired) electrons. The summed E-state index contributed by atoms with van der Waals surface area (Å²) in [5.41, 5.74) is 8.04. The van der Waals surface area contributed by atoms with Gasteiger partial charge in [-0.3, -0.25) is 0 Å². The Balaban J connectivity index is 0.00000280. The van der Waals surface area contributed by atoms with Gasteiger partial charge < -0.3 is 20.9 Å². The largest absolute Gasteiger partial charge is 0.378 e. The molecule has 2 fully saturated rings. The number of aliphatic imine (C=N–C) groups is 1. The number of benzene rings is 1. The molecule has 0 amide bonds. The number of anilines is 2. The number of piperidine rings is 2. The Hall–Kier alpha value is -0.880. The van der Waals surface area contributed by atoms with Crippen LogP contribution in [0.3, 0.4) is 0 Å². The summed E-state index contributed by atoms with van der Waals surface area (Å²) in [6, 6.07) is 9.25. The Bertz CT molecular complexity index is 639. The number of amidine groups is 1. The zero-order valence-corrected chi connectivity index (χ0v) is 19.9. The molecule has 3 N–H and O–H groups in total. The van der Waals surface area contributed by atoms with Crippen molar-refractivity contribution in [1.82, 2.24) is 4.90 Å². The van der Waals surface area contributed by atoms with Gasteiger partial charge in [0.1, 0.15) is 0 Å². The first-order chi connectivity index (χ1) is 13.2. The minimum absolute atomic E-state index is 0. The lowest BCUT2D eigenvalue weighted by molar-refractivity contribution is 0.141. The van der Waals surface area contributed by atoms with Crippen LogP contribution < -0.4 is 16.0 Å². The molecule has 0 bridgehead atoms. The molecule has 1 atom stereocenters. The monoisotopic (exact) mass is 439 g/mol. The number of rotatable bonds is 4. The summed E-state index contributed by atoms with van der Waals surface area (Å²) in [6.07, 6.45) is 6.71. The predicted octanol–water partition coefficient (Wildman–Crippen LogP) is 3.96. The van der Waals surface area contributed by atoms with E-state index in [-0.39, 0.29) is 9.90 Å². The SMILES string of the molecule is CCSC(N)=NC(=S)Nc1ccc(N2CCC(N3CCCCC3)CC2)cc1.P. The Morgan fingerprint density at radius 3 is 2.39 bits per heavy atom. The highest BCUT2D eigenvalue weighted by Gasteiger charge is 2.25. The lowest BCUT2D eigenvalue weighted by Crippen LogP contribution is -2.46. The van der Waals surface area contributed by atoms with Gasteiger partial charge in [-0.05, 0) is 81.0 Å². The first kappa shape index (κ1) is 23.4. The zero-order valence-electron chi connectivity index (χ0n) is 16.9. The standard InChI is InChI=1S/C20H31N5S2.H3P/c1-2-27-19(21)23-20(26)22-16-6-8-17(9-7-16)25-14-10-18(11-15-25)24-12-4-3-5-13-24;/h6-9,18H,2-5,10-15H2,1H3,(H3,21,22,23,26);1H3. The van der Waals surface area contributed by atoms with Gasteiger partial charge in [0.2, 0.25) is 0 Å². The maximum atomic E-state index is 5.80. The van der Waals surface area contributed by atoms with Gasteiger partial charge in [-0.1, -0.05) is 25.1 Å². The second-order valence-electron chi connectivity index (χ2n) is 7.17. The van der Waals surface area contributed by atoms with Crippen molar-refractivity contribution >= 4 is 55.5 Å². The molecule has 5 nitrogen and oxygen atoms in total. The Morgan fingerprint density at radius 2 is 1.79 bits per heavy atom. The number of hydrogen-bond acceptors (Lipinski definition) is 4. The molecule has 0 aliphatic carbocycles. The zero-order chi connectivity index (χ0) is 19.1. The maximum absolute atomic E-state index is 5.80. The molecule has 156 valence electrons. The summed E-state index contributed by atoms with van der Waals surface area (Å²) in [5, 5.41) is 4.05. The van der Waals surface area contributed by atoms with Gasteiger partial charge in [0.15, 0.2) is 10.3 Å². The molecule has 2 saturated heterocycles. The smallest absolute Gasteiger partial charge is 0.199 e. The fourth-order valence-electron chi connectivity index (χ4n) is 3.96. The summed E-state index contributed by atoms with van der Waals surface area (Å²) in [7, 11) is 0. The van der Waals surface area contributed by atoms with Crippen LogP contribution in [0.25, 0.3) is 0 Å². The Labute approximate surface area is 182 Å². The fourth-order valence-corrected chi connectivity index (χ4v) is 4.69. The average molecular weight is 440 g/mol. The van der Waals surface area contributed by atoms with E-state index in [9.17, 15) is 0 Å². The van der Waals surface area contributed by atoms with E-state index in [1.165, 1.54) is 62.6 Å². The first-order valence-corrected chi connectivity index (χ1v) is 11.4. The van der Waals surface area contributed by atoms with Crippen molar-refractivity contribution in [3.63, 3.8) is 0 Å². The van der Waals surface area contributed by atoms with Crippen LogP contribution in [0.15, 0.2) is 29.3 Å². The Morgan fingerprint density at radius 1 is 1.14 bits per heavy atom. The molecule has 28 heavy (non-hydrogen) atoms. The molecule has 3 rings (SSSR count). The summed E-state index contributed by atoms with van der Waals surface area (Å²) >= 11 is 6.74. The van der Waals surface area contributed by atoms with Crippen molar-refractivity contribution in [2.75, 3.05) is 42.1 Å². The third kappa shape index (κ3) is 6.87. The molecule has 1 unspecified atom stereocenters. The van der Waals surface area contributed by atoms with Crippen LogP contribution in [0.5, 0.6) is 0 Å². The quantitative estimate of drug-likeness (QED) is 0.321. The molecule has 0 aromatic heterocycles. The van der Waals surface area contributed by atoms with E-state index < -0.39 is 0 Å². The number of nitrogens with zero attached hydrogens (tertiary/aromatic N) is 3. The normalized spacial score (nSPS) is 19.2. The predicted molar refractivity (Wildman–Crippen MR) is 134 cm³/mol. The van der Waals surface area contributed by atoms with Crippen LogP contribution in [0.1, 0.15) is 39.0 Å². The van der Waals surface area contributed by atoms with E-state index in [0.29, 0.717) is 10.3 Å². The second kappa shape index (κ2) is 12.0. The Kier molecular flexibility index (Phi) is 10.00. The number of thioether (sulfide) groups is 1. The molecule has 2 aliphatic heterocycles. The van der Waals surface area contributed by atoms with Gasteiger partial charge in [0.25, 0.3) is 0 Å². The van der Waals surface area contributed by atoms with Gasteiger partial charge in [-0.2, -0.15) is 14.9 Å². The van der Waals surface area contributed by atoms with Crippen LogP contribution in [-0.2, 0) is 0 Å². The van der Waals surface area contributed by atoms with Crippen molar-refractivity contribution < 1.29 is 0 Å². The minimum Gasteiger partial charge on any atom is -0.378 e. The molecule has 2 aliphatic rings. The maximum Gasteiger partial charge on any atom is 0.199 e. The van der Waals surface area contributed by atoms with E-state index in [1.54, 1.807) is 0 Å². The summed E-state index contributed by atoms with van der Waals surface area (Å²) < 4.78 is 0. The number of nitrogens with one attached hydrogen (secondary N) is 1. The third-order valence-corrected chi connectivity index (χ3v) is 6.23. The lowest BCUT2D eigenvalue weighted by atomic mass is 9.99. The van der Waals surface area contributed by atoms with Crippen LogP contribution in [0, 0.1) is 0 Å². The van der Waals surface area contributed by atoms with Gasteiger partial charge in [-0.25, -0.2) is 0 Å². The molecular formula is C20H34N5PS2. The highest BCUT2D eigenvalue weighted by Crippen LogP contribution is 2.25. The first-order valence-electron chi connectivity index (χ1n) is 10.0. The highest BCUT2D eigenvalue weighted by molar-refractivity contribution is 8.13.